The number of carbonyl (C=O) groups is 1. The number of amides is 1. The van der Waals surface area contributed by atoms with Crippen molar-refractivity contribution in [3.63, 3.8) is 0 Å². The van der Waals surface area contributed by atoms with Crippen LogP contribution in [0, 0.1) is 5.92 Å². The number of hydrogen-bond acceptors (Lipinski definition) is 5. The Bertz CT molecular complexity index is 971. The predicted octanol–water partition coefficient (Wildman–Crippen LogP) is 4.73. The van der Waals surface area contributed by atoms with Gasteiger partial charge in [0.05, 0.1) is 20.8 Å². The number of nitrogens with zero attached hydrogens (tertiary/aromatic N) is 1. The van der Waals surface area contributed by atoms with Gasteiger partial charge in [0.1, 0.15) is 11.9 Å². The smallest absolute Gasteiger partial charge is 0.223 e. The predicted molar refractivity (Wildman–Crippen MR) is 133 cm³/mol. The van der Waals surface area contributed by atoms with Gasteiger partial charge in [0, 0.05) is 25.6 Å². The minimum atomic E-state index is -0.0768. The van der Waals surface area contributed by atoms with Gasteiger partial charge in [0.15, 0.2) is 11.5 Å². The number of carbonyl (C=O) groups excluding carboxylic acids is 1. The van der Waals surface area contributed by atoms with Crippen molar-refractivity contribution in [2.75, 3.05) is 27.3 Å². The van der Waals surface area contributed by atoms with E-state index in [2.05, 4.69) is 34.5 Å². The van der Waals surface area contributed by atoms with Crippen molar-refractivity contribution in [3.8, 4) is 17.2 Å². The van der Waals surface area contributed by atoms with Gasteiger partial charge >= 0.3 is 0 Å². The maximum Gasteiger partial charge on any atom is 0.223 e. The average Bonchev–Trinajstić information content (AvgIpc) is 2.87. The van der Waals surface area contributed by atoms with Gasteiger partial charge in [-0.15, -0.1) is 0 Å². The highest BCUT2D eigenvalue weighted by Gasteiger charge is 2.22. The van der Waals surface area contributed by atoms with Crippen molar-refractivity contribution in [2.24, 2.45) is 5.92 Å². The molecule has 1 amide bonds. The average molecular weight is 467 g/mol. The van der Waals surface area contributed by atoms with Crippen LogP contribution in [0.25, 0.3) is 0 Å². The van der Waals surface area contributed by atoms with Crippen LogP contribution in [0.5, 0.6) is 17.2 Å². The molecule has 1 aliphatic heterocycles. The lowest BCUT2D eigenvalue weighted by Gasteiger charge is -2.29. The molecule has 184 valence electrons. The first-order valence-electron chi connectivity index (χ1n) is 12.5. The molecule has 0 bridgehead atoms. The van der Waals surface area contributed by atoms with Crippen LogP contribution in [0.3, 0.4) is 0 Å². The van der Waals surface area contributed by atoms with Crippen molar-refractivity contribution in [1.82, 2.24) is 10.2 Å². The fraction of sp³-hybridized carbons (Fsp3) is 0.536. The van der Waals surface area contributed by atoms with Gasteiger partial charge in [-0.3, -0.25) is 9.69 Å². The Kier molecular flexibility index (Phi) is 8.33. The number of rotatable bonds is 9. The molecule has 0 saturated heterocycles. The third kappa shape index (κ3) is 6.23. The third-order valence-corrected chi connectivity index (χ3v) is 6.98. The minimum Gasteiger partial charge on any atom is -0.493 e. The molecular weight excluding hydrogens is 428 g/mol. The van der Waals surface area contributed by atoms with Crippen LogP contribution in [0.15, 0.2) is 36.4 Å². The van der Waals surface area contributed by atoms with Gasteiger partial charge in [-0.1, -0.05) is 31.4 Å². The Hall–Kier alpha value is -2.73. The van der Waals surface area contributed by atoms with E-state index in [0.29, 0.717) is 6.54 Å². The fourth-order valence-electron chi connectivity index (χ4n) is 5.08. The third-order valence-electron chi connectivity index (χ3n) is 6.98. The van der Waals surface area contributed by atoms with Crippen LogP contribution >= 0.6 is 0 Å². The number of benzene rings is 2. The second kappa shape index (κ2) is 11.6. The molecule has 0 aromatic heterocycles. The zero-order chi connectivity index (χ0) is 23.9. The molecule has 6 nitrogen and oxygen atoms in total. The van der Waals surface area contributed by atoms with E-state index in [1.54, 1.807) is 14.2 Å². The van der Waals surface area contributed by atoms with Crippen molar-refractivity contribution in [2.45, 2.75) is 64.6 Å². The van der Waals surface area contributed by atoms with Gasteiger partial charge in [-0.05, 0) is 67.1 Å². The molecule has 34 heavy (non-hydrogen) atoms. The van der Waals surface area contributed by atoms with Crippen molar-refractivity contribution >= 4 is 5.91 Å². The zero-order valence-corrected chi connectivity index (χ0v) is 20.8. The monoisotopic (exact) mass is 466 g/mol. The number of methoxy groups -OCH3 is 2. The Morgan fingerprint density at radius 1 is 1.06 bits per heavy atom. The summed E-state index contributed by atoms with van der Waals surface area (Å²) in [6, 6.07) is 12.5. The molecule has 1 atom stereocenters. The van der Waals surface area contributed by atoms with E-state index in [1.165, 1.54) is 36.0 Å². The summed E-state index contributed by atoms with van der Waals surface area (Å²) < 4.78 is 17.1. The molecule has 1 saturated carbocycles. The maximum absolute atomic E-state index is 12.4. The molecule has 2 aromatic carbocycles. The number of hydrogen-bond donors (Lipinski definition) is 1. The van der Waals surface area contributed by atoms with E-state index >= 15 is 0 Å². The molecule has 0 spiro atoms. The van der Waals surface area contributed by atoms with E-state index in [4.69, 9.17) is 14.2 Å². The summed E-state index contributed by atoms with van der Waals surface area (Å²) in [7, 11) is 3.36. The summed E-state index contributed by atoms with van der Waals surface area (Å²) >= 11 is 0. The number of nitrogens with one attached hydrogen (secondary N) is 1. The summed E-state index contributed by atoms with van der Waals surface area (Å²) in [5.41, 5.74) is 3.84. The molecule has 1 N–H and O–H groups in total. The van der Waals surface area contributed by atoms with Crippen molar-refractivity contribution < 1.29 is 19.0 Å². The Morgan fingerprint density at radius 2 is 1.79 bits per heavy atom. The fourth-order valence-corrected chi connectivity index (χ4v) is 5.08. The normalized spacial score (nSPS) is 17.5. The zero-order valence-electron chi connectivity index (χ0n) is 20.8. The van der Waals surface area contributed by atoms with Crippen LogP contribution in [-0.2, 0) is 24.3 Å². The van der Waals surface area contributed by atoms with Crippen molar-refractivity contribution in [1.29, 1.82) is 0 Å². The first kappa shape index (κ1) is 24.4. The van der Waals surface area contributed by atoms with Gasteiger partial charge < -0.3 is 19.5 Å². The quantitative estimate of drug-likeness (QED) is 0.579. The second-order valence-corrected chi connectivity index (χ2v) is 9.59. The highest BCUT2D eigenvalue weighted by Crippen LogP contribution is 2.33. The lowest BCUT2D eigenvalue weighted by Crippen LogP contribution is -2.38. The van der Waals surface area contributed by atoms with E-state index in [9.17, 15) is 4.79 Å². The summed E-state index contributed by atoms with van der Waals surface area (Å²) in [4.78, 5) is 14.9. The highest BCUT2D eigenvalue weighted by molar-refractivity contribution is 5.78. The van der Waals surface area contributed by atoms with E-state index in [1.807, 2.05) is 19.1 Å². The minimum absolute atomic E-state index is 0.0768. The molecule has 1 fully saturated rings. The Balaban J connectivity index is 1.30. The van der Waals surface area contributed by atoms with Crippen LogP contribution in [0.4, 0.5) is 0 Å². The first-order chi connectivity index (χ1) is 16.6. The summed E-state index contributed by atoms with van der Waals surface area (Å²) in [6.45, 7) is 5.28. The van der Waals surface area contributed by atoms with Crippen LogP contribution in [0.2, 0.25) is 0 Å². The van der Waals surface area contributed by atoms with E-state index in [0.717, 1.165) is 56.1 Å². The lowest BCUT2D eigenvalue weighted by atomic mass is 9.89. The molecule has 0 radical (unpaired) electrons. The molecule has 2 aliphatic rings. The van der Waals surface area contributed by atoms with Crippen LogP contribution in [0.1, 0.15) is 55.7 Å². The highest BCUT2D eigenvalue weighted by atomic mass is 16.5. The van der Waals surface area contributed by atoms with Gasteiger partial charge in [-0.2, -0.15) is 0 Å². The molecule has 1 aliphatic carbocycles. The Morgan fingerprint density at radius 3 is 2.53 bits per heavy atom. The number of fused-ring (bicyclic) bond motifs is 1. The second-order valence-electron chi connectivity index (χ2n) is 9.59. The Labute approximate surface area is 203 Å². The first-order valence-corrected chi connectivity index (χ1v) is 12.5. The van der Waals surface area contributed by atoms with Crippen LogP contribution in [-0.4, -0.2) is 44.2 Å². The largest absolute Gasteiger partial charge is 0.493 e. The van der Waals surface area contributed by atoms with Crippen molar-refractivity contribution in [3.05, 3.63) is 53.1 Å². The summed E-state index contributed by atoms with van der Waals surface area (Å²) in [5, 5.41) is 3.09. The van der Waals surface area contributed by atoms with Crippen LogP contribution < -0.4 is 19.5 Å². The van der Waals surface area contributed by atoms with E-state index in [-0.39, 0.29) is 17.9 Å². The summed E-state index contributed by atoms with van der Waals surface area (Å²) in [5.74, 6) is 2.79. The molecule has 1 unspecified atom stereocenters. The maximum atomic E-state index is 12.4. The molecule has 4 rings (SSSR count). The lowest BCUT2D eigenvalue weighted by molar-refractivity contribution is -0.126. The molecule has 6 heteroatoms. The van der Waals surface area contributed by atoms with Gasteiger partial charge in [0.25, 0.3) is 0 Å². The standard InChI is InChI=1S/C28H38N2O4/c1-20(17-29-28(31)22-9-5-4-6-10-22)34-25-11-7-8-21(14-25)18-30-13-12-23-15-26(32-2)27(33-3)16-24(23)19-30/h7-8,11,14-16,20,22H,4-6,9-10,12-13,17-19H2,1-3H3,(H,29,31). The van der Waals surface area contributed by atoms with E-state index < -0.39 is 0 Å². The topological polar surface area (TPSA) is 60.0 Å². The van der Waals surface area contributed by atoms with Gasteiger partial charge in [0.2, 0.25) is 5.91 Å². The number of ether oxygens (including phenoxy) is 3. The summed E-state index contributed by atoms with van der Waals surface area (Å²) in [6.07, 6.45) is 6.54. The SMILES string of the molecule is COc1cc2c(cc1OC)CN(Cc1cccc(OC(C)CNC(=O)C3CCCCC3)c1)CC2. The molecule has 2 aromatic rings. The molecule has 1 heterocycles. The molecular formula is C28H38N2O4. The van der Waals surface area contributed by atoms with Gasteiger partial charge in [-0.25, -0.2) is 0 Å².